The summed E-state index contributed by atoms with van der Waals surface area (Å²) in [7, 11) is 0. The number of benzene rings is 1. The highest BCUT2D eigenvalue weighted by Crippen LogP contribution is 2.24. The number of hydrogen-bond donors (Lipinski definition) is 2. The number of morpholine rings is 1. The molecule has 2 N–H and O–H groups in total. The van der Waals surface area contributed by atoms with Crippen molar-refractivity contribution in [3.05, 3.63) is 41.5 Å². The molecule has 0 bridgehead atoms. The van der Waals surface area contributed by atoms with Crippen molar-refractivity contribution in [2.24, 2.45) is 0 Å². The van der Waals surface area contributed by atoms with Gasteiger partial charge in [0.15, 0.2) is 5.82 Å². The topological polar surface area (TPSA) is 101 Å². The van der Waals surface area contributed by atoms with Crippen molar-refractivity contribution in [3.63, 3.8) is 0 Å². The van der Waals surface area contributed by atoms with Crippen molar-refractivity contribution in [1.29, 1.82) is 0 Å². The van der Waals surface area contributed by atoms with E-state index in [-0.39, 0.29) is 23.8 Å². The van der Waals surface area contributed by atoms with Crippen molar-refractivity contribution in [1.82, 2.24) is 20.4 Å². The lowest BCUT2D eigenvalue weighted by atomic mass is 10.1. The summed E-state index contributed by atoms with van der Waals surface area (Å²) < 4.78 is 10.9. The summed E-state index contributed by atoms with van der Waals surface area (Å²) in [6.45, 7) is 5.84. The lowest BCUT2D eigenvalue weighted by Gasteiger charge is -2.33. The van der Waals surface area contributed by atoms with Crippen LogP contribution in [0, 0.1) is 0 Å². The molecule has 0 aliphatic carbocycles. The van der Waals surface area contributed by atoms with Crippen LogP contribution in [-0.4, -0.2) is 52.4 Å². The Hall–Kier alpha value is -2.61. The van der Waals surface area contributed by atoms with Crippen LogP contribution in [0.1, 0.15) is 43.1 Å². The molecule has 2 heterocycles. The number of phenolic OH excluding ortho intramolecular Hbond substituents is 1. The quantitative estimate of drug-likeness (QED) is 0.848. The number of rotatable bonds is 5. The van der Waals surface area contributed by atoms with E-state index in [1.54, 1.807) is 23.1 Å². The Labute approximate surface area is 152 Å². The number of carbonyl (C=O) groups excluding carboxylic acids is 1. The van der Waals surface area contributed by atoms with Gasteiger partial charge in [0.05, 0.1) is 13.2 Å². The minimum absolute atomic E-state index is 0.151. The Morgan fingerprint density at radius 1 is 1.46 bits per heavy atom. The zero-order chi connectivity index (χ0) is 18.5. The highest BCUT2D eigenvalue weighted by atomic mass is 16.5. The second-order valence-corrected chi connectivity index (χ2v) is 6.58. The van der Waals surface area contributed by atoms with E-state index in [2.05, 4.69) is 15.5 Å². The van der Waals surface area contributed by atoms with Crippen molar-refractivity contribution in [3.8, 4) is 5.75 Å². The number of urea groups is 1. The fourth-order valence-electron chi connectivity index (χ4n) is 2.75. The van der Waals surface area contributed by atoms with Gasteiger partial charge in [-0.3, -0.25) is 0 Å². The van der Waals surface area contributed by atoms with Gasteiger partial charge in [0.1, 0.15) is 11.9 Å². The van der Waals surface area contributed by atoms with Crippen molar-refractivity contribution in [2.75, 3.05) is 26.2 Å². The predicted molar refractivity (Wildman–Crippen MR) is 93.9 cm³/mol. The van der Waals surface area contributed by atoms with Gasteiger partial charge in [0.2, 0.25) is 5.89 Å². The van der Waals surface area contributed by atoms with E-state index in [0.717, 1.165) is 5.56 Å². The van der Waals surface area contributed by atoms with Gasteiger partial charge in [0.25, 0.3) is 0 Å². The zero-order valence-corrected chi connectivity index (χ0v) is 15.0. The zero-order valence-electron chi connectivity index (χ0n) is 15.0. The Balaban J connectivity index is 1.49. The minimum atomic E-state index is -0.244. The lowest BCUT2D eigenvalue weighted by molar-refractivity contribution is -0.0154. The number of nitrogens with one attached hydrogen (secondary N) is 1. The van der Waals surface area contributed by atoms with Gasteiger partial charge in [-0.25, -0.2) is 4.79 Å². The molecular weight excluding hydrogens is 336 g/mol. The number of hydrogen-bond acceptors (Lipinski definition) is 6. The number of aromatic hydroxyl groups is 1. The van der Waals surface area contributed by atoms with Crippen LogP contribution in [0.15, 0.2) is 28.8 Å². The van der Waals surface area contributed by atoms with E-state index in [0.29, 0.717) is 44.4 Å². The molecule has 8 heteroatoms. The van der Waals surface area contributed by atoms with Crippen LogP contribution in [0.3, 0.4) is 0 Å². The molecule has 1 atom stereocenters. The van der Waals surface area contributed by atoms with Gasteiger partial charge in [-0.2, -0.15) is 4.98 Å². The number of ether oxygens (including phenoxy) is 1. The van der Waals surface area contributed by atoms with E-state index in [4.69, 9.17) is 9.26 Å². The van der Waals surface area contributed by atoms with Crippen LogP contribution in [0.2, 0.25) is 0 Å². The van der Waals surface area contributed by atoms with Crippen LogP contribution in [0.25, 0.3) is 0 Å². The summed E-state index contributed by atoms with van der Waals surface area (Å²) in [4.78, 5) is 18.4. The van der Waals surface area contributed by atoms with Gasteiger partial charge < -0.3 is 24.6 Å². The Morgan fingerprint density at radius 2 is 2.31 bits per heavy atom. The molecule has 1 saturated heterocycles. The molecule has 1 aliphatic heterocycles. The van der Waals surface area contributed by atoms with Crippen LogP contribution < -0.4 is 5.32 Å². The molecule has 140 valence electrons. The number of amides is 2. The van der Waals surface area contributed by atoms with Gasteiger partial charge in [0, 0.05) is 25.4 Å². The summed E-state index contributed by atoms with van der Waals surface area (Å²) in [6.07, 6.45) is 0.248. The first-order valence-corrected chi connectivity index (χ1v) is 8.78. The van der Waals surface area contributed by atoms with Crippen LogP contribution in [0.4, 0.5) is 4.79 Å². The standard InChI is InChI=1S/C18H24N4O4/c1-12(2)17-20-16(26-21-17)6-7-19-18(24)22-8-9-25-15(11-22)13-4-3-5-14(23)10-13/h3-5,10,12,15,23H,6-9,11H2,1-2H3,(H,19,24). The molecule has 1 aromatic heterocycles. The maximum Gasteiger partial charge on any atom is 0.317 e. The minimum Gasteiger partial charge on any atom is -0.508 e. The number of phenols is 1. The predicted octanol–water partition coefficient (Wildman–Crippen LogP) is 2.22. The molecule has 8 nitrogen and oxygen atoms in total. The summed E-state index contributed by atoms with van der Waals surface area (Å²) in [5.41, 5.74) is 0.856. The third kappa shape index (κ3) is 4.51. The van der Waals surface area contributed by atoms with Crippen LogP contribution >= 0.6 is 0 Å². The summed E-state index contributed by atoms with van der Waals surface area (Å²) >= 11 is 0. The molecule has 1 unspecified atom stereocenters. The van der Waals surface area contributed by atoms with E-state index < -0.39 is 0 Å². The smallest absolute Gasteiger partial charge is 0.317 e. The molecule has 1 fully saturated rings. The normalized spacial score (nSPS) is 17.5. The monoisotopic (exact) mass is 360 g/mol. The molecule has 0 saturated carbocycles. The Kier molecular flexibility index (Phi) is 5.72. The van der Waals surface area contributed by atoms with Crippen molar-refractivity contribution < 1.29 is 19.2 Å². The fraction of sp³-hybridized carbons (Fsp3) is 0.500. The summed E-state index contributed by atoms with van der Waals surface area (Å²) in [6, 6.07) is 6.77. The number of aromatic nitrogens is 2. The van der Waals surface area contributed by atoms with Crippen LogP contribution in [-0.2, 0) is 11.2 Å². The average Bonchev–Trinajstić information content (AvgIpc) is 3.11. The molecule has 2 aromatic rings. The van der Waals surface area contributed by atoms with E-state index in [1.807, 2.05) is 19.9 Å². The fourth-order valence-corrected chi connectivity index (χ4v) is 2.75. The molecular formula is C18H24N4O4. The van der Waals surface area contributed by atoms with Gasteiger partial charge in [-0.15, -0.1) is 0 Å². The highest BCUT2D eigenvalue weighted by Gasteiger charge is 2.25. The van der Waals surface area contributed by atoms with Gasteiger partial charge in [-0.1, -0.05) is 31.1 Å². The molecule has 2 amide bonds. The molecule has 26 heavy (non-hydrogen) atoms. The van der Waals surface area contributed by atoms with E-state index in [1.165, 1.54) is 0 Å². The van der Waals surface area contributed by atoms with Crippen molar-refractivity contribution in [2.45, 2.75) is 32.3 Å². The van der Waals surface area contributed by atoms with Crippen LogP contribution in [0.5, 0.6) is 5.75 Å². The Bertz CT molecular complexity index is 746. The first kappa shape index (κ1) is 18.2. The molecule has 0 spiro atoms. The Morgan fingerprint density at radius 3 is 3.04 bits per heavy atom. The summed E-state index contributed by atoms with van der Waals surface area (Å²) in [5, 5.41) is 16.4. The van der Waals surface area contributed by atoms with Gasteiger partial charge in [-0.05, 0) is 17.7 Å². The SMILES string of the molecule is CC(C)c1noc(CCNC(=O)N2CCOC(c3cccc(O)c3)C2)n1. The van der Waals surface area contributed by atoms with E-state index >= 15 is 0 Å². The maximum atomic E-state index is 12.4. The molecule has 1 aromatic carbocycles. The average molecular weight is 360 g/mol. The van der Waals surface area contributed by atoms with Crippen molar-refractivity contribution >= 4 is 6.03 Å². The third-order valence-corrected chi connectivity index (χ3v) is 4.21. The molecule has 3 rings (SSSR count). The second kappa shape index (κ2) is 8.18. The highest BCUT2D eigenvalue weighted by molar-refractivity contribution is 5.74. The number of carbonyl (C=O) groups is 1. The van der Waals surface area contributed by atoms with E-state index in [9.17, 15) is 9.90 Å². The third-order valence-electron chi connectivity index (χ3n) is 4.21. The maximum absolute atomic E-state index is 12.4. The molecule has 0 radical (unpaired) electrons. The number of nitrogens with zero attached hydrogens (tertiary/aromatic N) is 3. The van der Waals surface area contributed by atoms with Gasteiger partial charge >= 0.3 is 6.03 Å². The first-order chi connectivity index (χ1) is 12.5. The second-order valence-electron chi connectivity index (χ2n) is 6.58. The molecule has 1 aliphatic rings. The first-order valence-electron chi connectivity index (χ1n) is 8.78. The largest absolute Gasteiger partial charge is 0.508 e. The lowest BCUT2D eigenvalue weighted by Crippen LogP contribution is -2.47. The summed E-state index contributed by atoms with van der Waals surface area (Å²) in [5.74, 6) is 1.60.